The van der Waals surface area contributed by atoms with Gasteiger partial charge in [0.05, 0.1) is 0 Å². The zero-order valence-electron chi connectivity index (χ0n) is 10.00. The highest BCUT2D eigenvalue weighted by atomic mass is 15.2. The first-order valence-corrected chi connectivity index (χ1v) is 6.13. The molecule has 0 aliphatic heterocycles. The number of nitrogens with two attached hydrogens (primary N) is 1. The maximum Gasteiger partial charge on any atom is 0.0241 e. The summed E-state index contributed by atoms with van der Waals surface area (Å²) in [6, 6.07) is 0.584. The third kappa shape index (κ3) is 2.96. The Hall–Kier alpha value is -0.0800. The molecule has 0 aromatic rings. The molecular weight excluding hydrogens is 172 g/mol. The molecule has 0 spiro atoms. The average molecular weight is 198 g/mol. The van der Waals surface area contributed by atoms with E-state index in [1.54, 1.807) is 0 Å². The van der Waals surface area contributed by atoms with Crippen molar-refractivity contribution in [2.75, 3.05) is 19.6 Å². The first-order valence-electron chi connectivity index (χ1n) is 6.13. The Morgan fingerprint density at radius 1 is 1.36 bits per heavy atom. The fraction of sp³-hybridized carbons (Fsp3) is 1.00. The fourth-order valence-electron chi connectivity index (χ4n) is 2.35. The Morgan fingerprint density at radius 2 is 2.00 bits per heavy atom. The SMILES string of the molecule is CCN(CC1CCC1)C(CN)C(C)C. The summed E-state index contributed by atoms with van der Waals surface area (Å²) in [4.78, 5) is 2.58. The minimum atomic E-state index is 0.584. The molecule has 1 unspecified atom stereocenters. The molecule has 1 saturated carbocycles. The van der Waals surface area contributed by atoms with Gasteiger partial charge in [0.2, 0.25) is 0 Å². The van der Waals surface area contributed by atoms with Crippen LogP contribution in [0, 0.1) is 11.8 Å². The van der Waals surface area contributed by atoms with Crippen LogP contribution in [0.5, 0.6) is 0 Å². The van der Waals surface area contributed by atoms with E-state index in [0.717, 1.165) is 19.0 Å². The van der Waals surface area contributed by atoms with Crippen LogP contribution < -0.4 is 5.73 Å². The van der Waals surface area contributed by atoms with E-state index in [1.165, 1.54) is 25.8 Å². The van der Waals surface area contributed by atoms with Crippen molar-refractivity contribution in [2.45, 2.75) is 46.1 Å². The van der Waals surface area contributed by atoms with Gasteiger partial charge in [0, 0.05) is 19.1 Å². The molecule has 84 valence electrons. The Bertz CT molecular complexity index is 152. The van der Waals surface area contributed by atoms with E-state index in [-0.39, 0.29) is 0 Å². The lowest BCUT2D eigenvalue weighted by Crippen LogP contribution is -2.46. The fourth-order valence-corrected chi connectivity index (χ4v) is 2.35. The minimum Gasteiger partial charge on any atom is -0.329 e. The van der Waals surface area contributed by atoms with Gasteiger partial charge in [0.15, 0.2) is 0 Å². The van der Waals surface area contributed by atoms with Crippen LogP contribution in [0.4, 0.5) is 0 Å². The van der Waals surface area contributed by atoms with Gasteiger partial charge in [0.1, 0.15) is 0 Å². The van der Waals surface area contributed by atoms with Crippen LogP contribution in [0.25, 0.3) is 0 Å². The smallest absolute Gasteiger partial charge is 0.0241 e. The van der Waals surface area contributed by atoms with Crippen molar-refractivity contribution >= 4 is 0 Å². The van der Waals surface area contributed by atoms with E-state index in [1.807, 2.05) is 0 Å². The minimum absolute atomic E-state index is 0.584. The van der Waals surface area contributed by atoms with Gasteiger partial charge in [-0.2, -0.15) is 0 Å². The van der Waals surface area contributed by atoms with Crippen LogP contribution >= 0.6 is 0 Å². The molecule has 2 nitrogen and oxygen atoms in total. The Kier molecular flexibility index (Phi) is 4.90. The van der Waals surface area contributed by atoms with E-state index in [2.05, 4.69) is 25.7 Å². The molecule has 0 saturated heterocycles. The molecule has 0 bridgehead atoms. The number of likely N-dealkylation sites (N-methyl/N-ethyl adjacent to an activating group) is 1. The molecule has 0 heterocycles. The van der Waals surface area contributed by atoms with Crippen molar-refractivity contribution in [3.8, 4) is 0 Å². The second kappa shape index (κ2) is 5.72. The van der Waals surface area contributed by atoms with Gasteiger partial charge in [-0.15, -0.1) is 0 Å². The summed E-state index contributed by atoms with van der Waals surface area (Å²) in [7, 11) is 0. The van der Waals surface area contributed by atoms with Crippen LogP contribution in [-0.4, -0.2) is 30.6 Å². The summed E-state index contributed by atoms with van der Waals surface area (Å²) in [6.07, 6.45) is 4.31. The topological polar surface area (TPSA) is 29.3 Å². The number of nitrogens with zero attached hydrogens (tertiary/aromatic N) is 1. The van der Waals surface area contributed by atoms with Crippen molar-refractivity contribution < 1.29 is 0 Å². The van der Waals surface area contributed by atoms with Crippen LogP contribution in [0.3, 0.4) is 0 Å². The normalized spacial score (nSPS) is 20.1. The van der Waals surface area contributed by atoms with Crippen molar-refractivity contribution in [2.24, 2.45) is 17.6 Å². The lowest BCUT2D eigenvalue weighted by atomic mass is 9.84. The highest BCUT2D eigenvalue weighted by Gasteiger charge is 2.25. The second-order valence-electron chi connectivity index (χ2n) is 4.93. The largest absolute Gasteiger partial charge is 0.329 e. The maximum absolute atomic E-state index is 5.84. The van der Waals surface area contributed by atoms with Gasteiger partial charge in [-0.3, -0.25) is 4.90 Å². The van der Waals surface area contributed by atoms with E-state index >= 15 is 0 Å². The number of hydrogen-bond donors (Lipinski definition) is 1. The predicted octanol–water partition coefficient (Wildman–Crippen LogP) is 2.09. The maximum atomic E-state index is 5.84. The second-order valence-corrected chi connectivity index (χ2v) is 4.93. The first-order chi connectivity index (χ1) is 6.69. The summed E-state index contributed by atoms with van der Waals surface area (Å²) < 4.78 is 0. The average Bonchev–Trinajstić information content (AvgIpc) is 2.08. The van der Waals surface area contributed by atoms with Crippen molar-refractivity contribution in [3.05, 3.63) is 0 Å². The summed E-state index contributed by atoms with van der Waals surface area (Å²) in [5.41, 5.74) is 5.84. The third-order valence-corrected chi connectivity index (χ3v) is 3.60. The summed E-state index contributed by atoms with van der Waals surface area (Å²) in [5.74, 6) is 1.64. The van der Waals surface area contributed by atoms with Gasteiger partial charge < -0.3 is 5.73 Å². The molecule has 0 radical (unpaired) electrons. The molecule has 1 aliphatic rings. The van der Waals surface area contributed by atoms with Gasteiger partial charge in [-0.05, 0) is 31.2 Å². The number of hydrogen-bond acceptors (Lipinski definition) is 2. The van der Waals surface area contributed by atoms with Crippen molar-refractivity contribution in [3.63, 3.8) is 0 Å². The summed E-state index contributed by atoms with van der Waals surface area (Å²) in [6.45, 7) is 10.0. The van der Waals surface area contributed by atoms with Crippen LogP contribution in [0.1, 0.15) is 40.0 Å². The lowest BCUT2D eigenvalue weighted by molar-refractivity contribution is 0.115. The molecule has 1 atom stereocenters. The highest BCUT2D eigenvalue weighted by molar-refractivity contribution is 4.80. The lowest BCUT2D eigenvalue weighted by Gasteiger charge is -2.38. The van der Waals surface area contributed by atoms with Crippen molar-refractivity contribution in [1.82, 2.24) is 4.90 Å². The van der Waals surface area contributed by atoms with Crippen LogP contribution in [0.15, 0.2) is 0 Å². The Morgan fingerprint density at radius 3 is 2.29 bits per heavy atom. The summed E-state index contributed by atoms with van der Waals surface area (Å²) >= 11 is 0. The highest BCUT2D eigenvalue weighted by Crippen LogP contribution is 2.28. The van der Waals surface area contributed by atoms with Crippen molar-refractivity contribution in [1.29, 1.82) is 0 Å². The molecule has 0 amide bonds. The van der Waals surface area contributed by atoms with Crippen LogP contribution in [0.2, 0.25) is 0 Å². The molecule has 2 N–H and O–H groups in total. The van der Waals surface area contributed by atoms with E-state index in [0.29, 0.717) is 12.0 Å². The van der Waals surface area contributed by atoms with E-state index in [9.17, 15) is 0 Å². The van der Waals surface area contributed by atoms with Gasteiger partial charge in [-0.25, -0.2) is 0 Å². The summed E-state index contributed by atoms with van der Waals surface area (Å²) in [5, 5.41) is 0. The number of rotatable bonds is 6. The van der Waals surface area contributed by atoms with Crippen LogP contribution in [-0.2, 0) is 0 Å². The molecule has 1 rings (SSSR count). The monoisotopic (exact) mass is 198 g/mol. The quantitative estimate of drug-likeness (QED) is 0.708. The molecular formula is C12H26N2. The van der Waals surface area contributed by atoms with E-state index in [4.69, 9.17) is 5.73 Å². The van der Waals surface area contributed by atoms with Gasteiger partial charge in [-0.1, -0.05) is 27.2 Å². The standard InChI is InChI=1S/C12H26N2/c1-4-14(9-11-6-5-7-11)12(8-13)10(2)3/h10-12H,4-9,13H2,1-3H3. The zero-order chi connectivity index (χ0) is 10.6. The molecule has 0 aromatic heterocycles. The predicted molar refractivity (Wildman–Crippen MR) is 62.3 cm³/mol. The third-order valence-electron chi connectivity index (χ3n) is 3.60. The zero-order valence-corrected chi connectivity index (χ0v) is 10.00. The molecule has 1 fully saturated rings. The van der Waals surface area contributed by atoms with E-state index < -0.39 is 0 Å². The molecule has 2 heteroatoms. The molecule has 0 aromatic carbocycles. The Balaban J connectivity index is 2.40. The molecule has 1 aliphatic carbocycles. The molecule has 14 heavy (non-hydrogen) atoms. The first kappa shape index (κ1) is 12.0. The van der Waals surface area contributed by atoms with Gasteiger partial charge >= 0.3 is 0 Å². The Labute approximate surface area is 88.8 Å². The van der Waals surface area contributed by atoms with Gasteiger partial charge in [0.25, 0.3) is 0 Å².